The van der Waals surface area contributed by atoms with Crippen LogP contribution in [0.2, 0.25) is 0 Å². The molecule has 1 aromatic heterocycles. The number of Topliss-reactive ketones (excluding diaryl/α,β-unsaturated/α-hetero) is 1. The molecule has 0 N–H and O–H groups in total. The van der Waals surface area contributed by atoms with Crippen LogP contribution in [0, 0.1) is 11.7 Å². The smallest absolute Gasteiger partial charge is 0.173 e. The molecule has 4 nitrogen and oxygen atoms in total. The maximum Gasteiger partial charge on any atom is 0.173 e. The number of carbonyl (C=O) groups is 1. The number of ketones is 1. The van der Waals surface area contributed by atoms with Crippen molar-refractivity contribution in [2.24, 2.45) is 5.92 Å². The second kappa shape index (κ2) is 5.73. The second-order valence-electron chi connectivity index (χ2n) is 4.83. The minimum Gasteiger partial charge on any atom is -0.294 e. The lowest BCUT2D eigenvalue weighted by Gasteiger charge is -2.08. The van der Waals surface area contributed by atoms with Gasteiger partial charge in [-0.25, -0.2) is 14.1 Å². The Morgan fingerprint density at radius 1 is 1.37 bits per heavy atom. The van der Waals surface area contributed by atoms with Crippen LogP contribution in [0.15, 0.2) is 30.6 Å². The molecule has 0 saturated carbocycles. The maximum atomic E-state index is 13.5. The van der Waals surface area contributed by atoms with Crippen molar-refractivity contribution >= 4 is 5.78 Å². The van der Waals surface area contributed by atoms with E-state index in [1.807, 2.05) is 0 Å². The Bertz CT molecular complexity index is 578. The van der Waals surface area contributed by atoms with Crippen molar-refractivity contribution in [1.82, 2.24) is 14.8 Å². The molecule has 1 aromatic carbocycles. The van der Waals surface area contributed by atoms with Gasteiger partial charge in [-0.1, -0.05) is 26.0 Å². The number of rotatable bonds is 5. The first-order valence-corrected chi connectivity index (χ1v) is 6.22. The van der Waals surface area contributed by atoms with Crippen LogP contribution in [0.4, 0.5) is 4.39 Å². The number of benzene rings is 1. The molecule has 1 heterocycles. The molecule has 0 saturated heterocycles. The summed E-state index contributed by atoms with van der Waals surface area (Å²) in [5.41, 5.74) is 0.0987. The van der Waals surface area contributed by atoms with E-state index in [0.717, 1.165) is 0 Å². The fraction of sp³-hybridized carbons (Fsp3) is 0.357. The Balaban J connectivity index is 2.16. The molecule has 0 spiro atoms. The molecular formula is C14H16FN3O. The quantitative estimate of drug-likeness (QED) is 0.777. The van der Waals surface area contributed by atoms with Gasteiger partial charge in [0.05, 0.1) is 12.0 Å². The van der Waals surface area contributed by atoms with E-state index >= 15 is 0 Å². The van der Waals surface area contributed by atoms with Crippen LogP contribution >= 0.6 is 0 Å². The lowest BCUT2D eigenvalue weighted by Crippen LogP contribution is -2.15. The zero-order chi connectivity index (χ0) is 13.8. The zero-order valence-electron chi connectivity index (χ0n) is 11.0. The second-order valence-corrected chi connectivity index (χ2v) is 4.83. The Labute approximate surface area is 111 Å². The molecule has 2 rings (SSSR count). The molecule has 0 fully saturated rings. The van der Waals surface area contributed by atoms with Crippen molar-refractivity contribution in [3.8, 4) is 0 Å². The number of hydrogen-bond donors (Lipinski definition) is 0. The Kier molecular flexibility index (Phi) is 4.04. The molecule has 0 bridgehead atoms. The van der Waals surface area contributed by atoms with Crippen LogP contribution in [-0.2, 0) is 13.0 Å². The van der Waals surface area contributed by atoms with Crippen molar-refractivity contribution in [3.63, 3.8) is 0 Å². The minimum absolute atomic E-state index is 0.0631. The monoisotopic (exact) mass is 261 g/mol. The van der Waals surface area contributed by atoms with E-state index in [-0.39, 0.29) is 17.8 Å². The fourth-order valence-electron chi connectivity index (χ4n) is 1.85. The van der Waals surface area contributed by atoms with Gasteiger partial charge in [-0.2, -0.15) is 5.10 Å². The Hall–Kier alpha value is -2.04. The molecular weight excluding hydrogens is 245 g/mol. The van der Waals surface area contributed by atoms with E-state index in [1.165, 1.54) is 18.5 Å². The van der Waals surface area contributed by atoms with Gasteiger partial charge in [-0.15, -0.1) is 0 Å². The topological polar surface area (TPSA) is 47.8 Å². The molecule has 0 aliphatic rings. The lowest BCUT2D eigenvalue weighted by molar-refractivity contribution is 0.0985. The first-order chi connectivity index (χ1) is 9.08. The summed E-state index contributed by atoms with van der Waals surface area (Å²) in [6.45, 7) is 4.81. The molecule has 5 heteroatoms. The first kappa shape index (κ1) is 13.4. The highest BCUT2D eigenvalue weighted by atomic mass is 19.1. The van der Waals surface area contributed by atoms with Gasteiger partial charge in [0.15, 0.2) is 5.78 Å². The van der Waals surface area contributed by atoms with Gasteiger partial charge < -0.3 is 0 Å². The molecule has 0 amide bonds. The third-order valence-electron chi connectivity index (χ3n) is 2.73. The van der Waals surface area contributed by atoms with Gasteiger partial charge >= 0.3 is 0 Å². The summed E-state index contributed by atoms with van der Waals surface area (Å²) in [6, 6.07) is 5.98. The van der Waals surface area contributed by atoms with E-state index in [2.05, 4.69) is 23.9 Å². The van der Waals surface area contributed by atoms with E-state index in [9.17, 15) is 9.18 Å². The first-order valence-electron chi connectivity index (χ1n) is 6.22. The van der Waals surface area contributed by atoms with E-state index in [4.69, 9.17) is 0 Å². The number of halogens is 1. The zero-order valence-corrected chi connectivity index (χ0v) is 11.0. The highest BCUT2D eigenvalue weighted by Gasteiger charge is 2.15. The van der Waals surface area contributed by atoms with Crippen molar-refractivity contribution < 1.29 is 9.18 Å². The molecule has 0 radical (unpaired) electrons. The van der Waals surface area contributed by atoms with Crippen molar-refractivity contribution in [2.45, 2.75) is 26.8 Å². The summed E-state index contributed by atoms with van der Waals surface area (Å²) in [5.74, 6) is 0.199. The predicted molar refractivity (Wildman–Crippen MR) is 69.3 cm³/mol. The van der Waals surface area contributed by atoms with Crippen molar-refractivity contribution in [2.75, 3.05) is 0 Å². The third-order valence-corrected chi connectivity index (χ3v) is 2.73. The molecule has 0 aliphatic carbocycles. The average Bonchev–Trinajstić information content (AvgIpc) is 2.76. The van der Waals surface area contributed by atoms with Crippen LogP contribution in [0.1, 0.15) is 30.0 Å². The van der Waals surface area contributed by atoms with Crippen molar-refractivity contribution in [3.05, 3.63) is 47.8 Å². The fourth-order valence-corrected chi connectivity index (χ4v) is 1.85. The molecule has 0 atom stereocenters. The minimum atomic E-state index is -0.498. The van der Waals surface area contributed by atoms with E-state index in [1.54, 1.807) is 16.8 Å². The van der Waals surface area contributed by atoms with Gasteiger partial charge in [0, 0.05) is 6.54 Å². The molecule has 100 valence electrons. The summed E-state index contributed by atoms with van der Waals surface area (Å²) in [6.07, 6.45) is 1.49. The number of hydrogen-bond acceptors (Lipinski definition) is 3. The van der Waals surface area contributed by atoms with Gasteiger partial charge in [0.2, 0.25) is 0 Å². The lowest BCUT2D eigenvalue weighted by atomic mass is 10.1. The summed E-state index contributed by atoms with van der Waals surface area (Å²) in [5, 5.41) is 4.09. The van der Waals surface area contributed by atoms with Crippen LogP contribution in [-0.4, -0.2) is 20.5 Å². The number of nitrogens with zero attached hydrogens (tertiary/aromatic N) is 3. The van der Waals surface area contributed by atoms with Gasteiger partial charge in [-0.3, -0.25) is 4.79 Å². The van der Waals surface area contributed by atoms with E-state index in [0.29, 0.717) is 18.3 Å². The molecule has 2 aromatic rings. The highest BCUT2D eigenvalue weighted by Crippen LogP contribution is 2.11. The highest BCUT2D eigenvalue weighted by molar-refractivity contribution is 5.97. The van der Waals surface area contributed by atoms with Gasteiger partial charge in [0.25, 0.3) is 0 Å². The average molecular weight is 261 g/mol. The van der Waals surface area contributed by atoms with Gasteiger partial charge in [0.1, 0.15) is 18.0 Å². The number of carbonyl (C=O) groups excluding carboxylic acids is 1. The maximum absolute atomic E-state index is 13.5. The Morgan fingerprint density at radius 3 is 2.79 bits per heavy atom. The molecule has 0 aliphatic heterocycles. The van der Waals surface area contributed by atoms with Crippen molar-refractivity contribution in [1.29, 1.82) is 0 Å². The third kappa shape index (κ3) is 3.24. The van der Waals surface area contributed by atoms with E-state index < -0.39 is 5.82 Å². The summed E-state index contributed by atoms with van der Waals surface area (Å²) in [7, 11) is 0. The van der Waals surface area contributed by atoms with Crippen LogP contribution in [0.5, 0.6) is 0 Å². The normalized spacial score (nSPS) is 10.9. The standard InChI is InChI=1S/C14H16FN3O/c1-10(2)8-18-14(16-9-17-18)7-13(19)11-5-3-4-6-12(11)15/h3-6,9-10H,7-8H2,1-2H3. The largest absolute Gasteiger partial charge is 0.294 e. The summed E-state index contributed by atoms with van der Waals surface area (Å²) in [4.78, 5) is 16.1. The SMILES string of the molecule is CC(C)Cn1ncnc1CC(=O)c1ccccc1F. The summed E-state index contributed by atoms with van der Waals surface area (Å²) < 4.78 is 15.2. The summed E-state index contributed by atoms with van der Waals surface area (Å²) >= 11 is 0. The van der Waals surface area contributed by atoms with Gasteiger partial charge in [-0.05, 0) is 18.1 Å². The molecule has 0 unspecified atom stereocenters. The Morgan fingerprint density at radius 2 is 2.11 bits per heavy atom. The number of aromatic nitrogens is 3. The predicted octanol–water partition coefficient (Wildman–Crippen LogP) is 2.50. The molecule has 19 heavy (non-hydrogen) atoms. The van der Waals surface area contributed by atoms with Crippen LogP contribution in [0.25, 0.3) is 0 Å². The van der Waals surface area contributed by atoms with Crippen LogP contribution < -0.4 is 0 Å². The van der Waals surface area contributed by atoms with Crippen LogP contribution in [0.3, 0.4) is 0 Å².